The van der Waals surface area contributed by atoms with Gasteiger partial charge in [-0.3, -0.25) is 0 Å². The molecule has 0 spiro atoms. The second kappa shape index (κ2) is 6.09. The molecule has 3 heterocycles. The molecule has 0 bridgehead atoms. The summed E-state index contributed by atoms with van der Waals surface area (Å²) < 4.78 is 7.52. The fraction of sp³-hybridized carbons (Fsp3) is 0.333. The van der Waals surface area contributed by atoms with Crippen molar-refractivity contribution in [3.8, 4) is 17.1 Å². The number of benzene rings is 1. The summed E-state index contributed by atoms with van der Waals surface area (Å²) in [5.74, 6) is 1.15. The molecular formula is C21H22N4O2. The van der Waals surface area contributed by atoms with Crippen LogP contribution in [0.3, 0.4) is 0 Å². The molecule has 3 aromatic heterocycles. The summed E-state index contributed by atoms with van der Waals surface area (Å²) in [5.41, 5.74) is 3.82. The molecule has 6 nitrogen and oxygen atoms in total. The van der Waals surface area contributed by atoms with Gasteiger partial charge in [0, 0.05) is 28.5 Å². The maximum Gasteiger partial charge on any atom is 0.144 e. The number of aliphatic hydroxyl groups excluding tert-OH is 1. The summed E-state index contributed by atoms with van der Waals surface area (Å²) in [6.45, 7) is 2.11. The molecule has 0 radical (unpaired) electrons. The van der Waals surface area contributed by atoms with Gasteiger partial charge in [-0.2, -0.15) is 0 Å². The van der Waals surface area contributed by atoms with Gasteiger partial charge in [-0.1, -0.05) is 6.92 Å². The molecular weight excluding hydrogens is 340 g/mol. The third-order valence-corrected chi connectivity index (χ3v) is 5.80. The summed E-state index contributed by atoms with van der Waals surface area (Å²) in [6.07, 6.45) is 5.20. The number of aromatic nitrogens is 4. The first-order valence-corrected chi connectivity index (χ1v) is 9.31. The number of aromatic amines is 1. The maximum absolute atomic E-state index is 10.1. The third kappa shape index (κ3) is 2.59. The molecule has 5 rings (SSSR count). The maximum atomic E-state index is 10.1. The Balaban J connectivity index is 1.60. The van der Waals surface area contributed by atoms with Gasteiger partial charge < -0.3 is 19.4 Å². The second-order valence-corrected chi connectivity index (χ2v) is 7.49. The van der Waals surface area contributed by atoms with Gasteiger partial charge in [0.05, 0.1) is 24.6 Å². The predicted octanol–water partition coefficient (Wildman–Crippen LogP) is 3.92. The van der Waals surface area contributed by atoms with Gasteiger partial charge in [0.25, 0.3) is 0 Å². The Bertz CT molecular complexity index is 1120. The minimum Gasteiger partial charge on any atom is -0.497 e. The summed E-state index contributed by atoms with van der Waals surface area (Å²) in [6, 6.07) is 10.4. The van der Waals surface area contributed by atoms with Gasteiger partial charge in [-0.15, -0.1) is 0 Å². The highest BCUT2D eigenvalue weighted by Crippen LogP contribution is 2.38. The van der Waals surface area contributed by atoms with E-state index in [-0.39, 0.29) is 12.1 Å². The Morgan fingerprint density at radius 3 is 2.85 bits per heavy atom. The smallest absolute Gasteiger partial charge is 0.144 e. The van der Waals surface area contributed by atoms with Gasteiger partial charge in [0.2, 0.25) is 0 Å². The van der Waals surface area contributed by atoms with Crippen LogP contribution >= 0.6 is 0 Å². The molecule has 0 amide bonds. The van der Waals surface area contributed by atoms with Crippen molar-refractivity contribution in [3.63, 3.8) is 0 Å². The molecule has 6 heteroatoms. The van der Waals surface area contributed by atoms with Crippen molar-refractivity contribution in [1.82, 2.24) is 19.5 Å². The lowest BCUT2D eigenvalue weighted by Crippen LogP contribution is -2.08. The lowest BCUT2D eigenvalue weighted by Gasteiger charge is -2.13. The Labute approximate surface area is 156 Å². The van der Waals surface area contributed by atoms with Crippen LogP contribution in [0.25, 0.3) is 33.3 Å². The Morgan fingerprint density at radius 2 is 2.07 bits per heavy atom. The van der Waals surface area contributed by atoms with Gasteiger partial charge in [0.1, 0.15) is 17.7 Å². The van der Waals surface area contributed by atoms with Crippen LogP contribution in [-0.2, 0) is 0 Å². The quantitative estimate of drug-likeness (QED) is 0.579. The Hall–Kier alpha value is -2.86. The molecule has 1 aliphatic carbocycles. The van der Waals surface area contributed by atoms with Crippen LogP contribution in [0.15, 0.2) is 42.9 Å². The van der Waals surface area contributed by atoms with E-state index in [4.69, 9.17) is 4.74 Å². The first-order valence-electron chi connectivity index (χ1n) is 9.31. The normalized spacial score (nSPS) is 22.7. The monoisotopic (exact) mass is 362 g/mol. The first kappa shape index (κ1) is 16.3. The van der Waals surface area contributed by atoms with Gasteiger partial charge >= 0.3 is 0 Å². The van der Waals surface area contributed by atoms with Crippen LogP contribution in [-0.4, -0.2) is 37.8 Å². The van der Waals surface area contributed by atoms with Crippen LogP contribution < -0.4 is 4.74 Å². The third-order valence-electron chi connectivity index (χ3n) is 5.80. The van der Waals surface area contributed by atoms with Crippen LogP contribution in [0.4, 0.5) is 0 Å². The van der Waals surface area contributed by atoms with E-state index in [0.717, 1.165) is 51.9 Å². The van der Waals surface area contributed by atoms with Crippen LogP contribution in [0, 0.1) is 5.92 Å². The van der Waals surface area contributed by atoms with Crippen molar-refractivity contribution in [2.24, 2.45) is 5.92 Å². The van der Waals surface area contributed by atoms with Gasteiger partial charge in [0.15, 0.2) is 0 Å². The number of hydrogen-bond acceptors (Lipinski definition) is 4. The number of nitrogens with zero attached hydrogens (tertiary/aromatic N) is 3. The fourth-order valence-corrected chi connectivity index (χ4v) is 4.27. The zero-order chi connectivity index (χ0) is 18.5. The summed E-state index contributed by atoms with van der Waals surface area (Å²) in [7, 11) is 1.67. The van der Waals surface area contributed by atoms with Crippen molar-refractivity contribution >= 4 is 21.9 Å². The standard InChI is InChI=1S/C21H22N4O2/c1-12-7-14(10-19(12)26)25-6-5-16-20(22-11-23-21(16)25)18-9-13-8-15(27-2)3-4-17(13)24-18/h3-6,8-9,11-12,14,19,24,26H,7,10H2,1-2H3/t12-,14+,19-/m0/s1. The second-order valence-electron chi connectivity index (χ2n) is 7.49. The molecule has 27 heavy (non-hydrogen) atoms. The van der Waals surface area contributed by atoms with Gasteiger partial charge in [-0.05, 0) is 49.1 Å². The highest BCUT2D eigenvalue weighted by atomic mass is 16.5. The minimum absolute atomic E-state index is 0.238. The molecule has 2 N–H and O–H groups in total. The van der Waals surface area contributed by atoms with Crippen molar-refractivity contribution in [2.45, 2.75) is 31.9 Å². The average Bonchev–Trinajstić information content (AvgIpc) is 3.37. The fourth-order valence-electron chi connectivity index (χ4n) is 4.27. The van der Waals surface area contributed by atoms with Crippen molar-refractivity contribution in [3.05, 3.63) is 42.9 Å². The lowest BCUT2D eigenvalue weighted by atomic mass is 10.1. The zero-order valence-corrected chi connectivity index (χ0v) is 15.4. The van der Waals surface area contributed by atoms with E-state index in [2.05, 4.69) is 44.8 Å². The number of aliphatic hydroxyl groups is 1. The summed E-state index contributed by atoms with van der Waals surface area (Å²) in [4.78, 5) is 12.5. The van der Waals surface area contributed by atoms with E-state index in [0.29, 0.717) is 5.92 Å². The molecule has 0 saturated heterocycles. The van der Waals surface area contributed by atoms with Crippen LogP contribution in [0.5, 0.6) is 5.75 Å². The molecule has 0 aliphatic heterocycles. The number of fused-ring (bicyclic) bond motifs is 2. The van der Waals surface area contributed by atoms with Gasteiger partial charge in [-0.25, -0.2) is 9.97 Å². The van der Waals surface area contributed by atoms with E-state index >= 15 is 0 Å². The Kier molecular flexibility index (Phi) is 3.68. The molecule has 1 aromatic carbocycles. The van der Waals surface area contributed by atoms with E-state index in [9.17, 15) is 5.11 Å². The minimum atomic E-state index is -0.238. The molecule has 1 fully saturated rings. The molecule has 4 aromatic rings. The SMILES string of the molecule is COc1ccc2[nH]c(-c3ncnc4c3ccn4[C@@H]3C[C@H](C)[C@@H](O)C3)cc2c1. The number of ether oxygens (including phenoxy) is 1. The topological polar surface area (TPSA) is 76.0 Å². The van der Waals surface area contributed by atoms with E-state index in [1.165, 1.54) is 0 Å². The number of H-pyrrole nitrogens is 1. The van der Waals surface area contributed by atoms with E-state index in [1.54, 1.807) is 13.4 Å². The van der Waals surface area contributed by atoms with Crippen LogP contribution in [0.2, 0.25) is 0 Å². The summed E-state index contributed by atoms with van der Waals surface area (Å²) in [5, 5.41) is 12.2. The average molecular weight is 362 g/mol. The van der Waals surface area contributed by atoms with Crippen molar-refractivity contribution < 1.29 is 9.84 Å². The highest BCUT2D eigenvalue weighted by Gasteiger charge is 2.31. The molecule has 0 unspecified atom stereocenters. The number of nitrogens with one attached hydrogen (secondary N) is 1. The summed E-state index contributed by atoms with van der Waals surface area (Å²) >= 11 is 0. The molecule has 138 valence electrons. The lowest BCUT2D eigenvalue weighted by molar-refractivity contribution is 0.139. The molecule has 1 aliphatic rings. The zero-order valence-electron chi connectivity index (χ0n) is 15.4. The molecule has 3 atom stereocenters. The Morgan fingerprint density at radius 1 is 1.19 bits per heavy atom. The number of rotatable bonds is 3. The van der Waals surface area contributed by atoms with Crippen molar-refractivity contribution in [2.75, 3.05) is 7.11 Å². The number of methoxy groups -OCH3 is 1. The highest BCUT2D eigenvalue weighted by molar-refractivity contribution is 5.94. The largest absolute Gasteiger partial charge is 0.497 e. The van der Waals surface area contributed by atoms with E-state index < -0.39 is 0 Å². The first-order chi connectivity index (χ1) is 13.1. The van der Waals surface area contributed by atoms with Crippen molar-refractivity contribution in [1.29, 1.82) is 0 Å². The predicted molar refractivity (Wildman–Crippen MR) is 105 cm³/mol. The van der Waals surface area contributed by atoms with E-state index in [1.807, 2.05) is 18.2 Å². The molecule has 1 saturated carbocycles. The number of hydrogen-bond donors (Lipinski definition) is 2. The van der Waals surface area contributed by atoms with Crippen LogP contribution in [0.1, 0.15) is 25.8 Å².